The maximum atomic E-state index is 13.7. The van der Waals surface area contributed by atoms with Gasteiger partial charge in [-0.25, -0.2) is 4.98 Å². The molecule has 5 rings (SSSR count). The number of hydrogen-bond donors (Lipinski definition) is 1. The van der Waals surface area contributed by atoms with Gasteiger partial charge in [-0.05, 0) is 36.2 Å². The van der Waals surface area contributed by atoms with Crippen LogP contribution in [0.1, 0.15) is 28.6 Å². The Morgan fingerprint density at radius 2 is 1.92 bits per heavy atom. The first kappa shape index (κ1) is 23.2. The number of aliphatic hydroxyl groups is 1. The molecule has 3 heterocycles. The van der Waals surface area contributed by atoms with Gasteiger partial charge in [0.2, 0.25) is 5.78 Å². The molecule has 9 nitrogen and oxygen atoms in total. The lowest BCUT2D eigenvalue weighted by Gasteiger charge is -2.27. The molecule has 4 aromatic rings. The number of ketones is 1. The third kappa shape index (κ3) is 4.08. The van der Waals surface area contributed by atoms with E-state index >= 15 is 0 Å². The highest BCUT2D eigenvalue weighted by molar-refractivity contribution is 6.16. The van der Waals surface area contributed by atoms with E-state index in [1.165, 1.54) is 12.0 Å². The van der Waals surface area contributed by atoms with Crippen molar-refractivity contribution in [3.63, 3.8) is 0 Å². The number of Topliss-reactive ketones (excluding diaryl/α,β-unsaturated/α-hetero) is 1. The van der Waals surface area contributed by atoms with Crippen molar-refractivity contribution < 1.29 is 28.6 Å². The van der Waals surface area contributed by atoms with E-state index in [2.05, 4.69) is 4.98 Å². The zero-order chi connectivity index (χ0) is 25.2. The van der Waals surface area contributed by atoms with Gasteiger partial charge in [-0.2, -0.15) is 0 Å². The van der Waals surface area contributed by atoms with E-state index in [9.17, 15) is 14.7 Å². The molecule has 9 heteroatoms. The van der Waals surface area contributed by atoms with Gasteiger partial charge in [-0.1, -0.05) is 24.3 Å². The van der Waals surface area contributed by atoms with Crippen LogP contribution in [0.25, 0.3) is 11.0 Å². The van der Waals surface area contributed by atoms with Gasteiger partial charge >= 0.3 is 0 Å². The summed E-state index contributed by atoms with van der Waals surface area (Å²) >= 11 is 0. The summed E-state index contributed by atoms with van der Waals surface area (Å²) in [6.07, 6.45) is 5.83. The van der Waals surface area contributed by atoms with E-state index in [1.54, 1.807) is 68.2 Å². The van der Waals surface area contributed by atoms with Gasteiger partial charge in [0.15, 0.2) is 22.9 Å². The number of carbonyl (C=O) groups is 2. The summed E-state index contributed by atoms with van der Waals surface area (Å²) in [6.45, 7) is 0.953. The van der Waals surface area contributed by atoms with Crippen LogP contribution in [-0.4, -0.2) is 52.0 Å². The van der Waals surface area contributed by atoms with E-state index in [0.29, 0.717) is 47.5 Å². The zero-order valence-corrected chi connectivity index (χ0v) is 19.9. The lowest BCUT2D eigenvalue weighted by atomic mass is 9.95. The summed E-state index contributed by atoms with van der Waals surface area (Å²) in [5, 5.41) is 11.6. The minimum Gasteiger partial charge on any atom is -0.503 e. The first-order chi connectivity index (χ1) is 17.5. The van der Waals surface area contributed by atoms with Crippen LogP contribution in [0, 0.1) is 0 Å². The van der Waals surface area contributed by atoms with Crippen molar-refractivity contribution in [2.45, 2.75) is 19.0 Å². The van der Waals surface area contributed by atoms with Gasteiger partial charge in [-0.3, -0.25) is 9.59 Å². The van der Waals surface area contributed by atoms with E-state index in [-0.39, 0.29) is 11.3 Å². The van der Waals surface area contributed by atoms with Crippen LogP contribution >= 0.6 is 0 Å². The first-order valence-corrected chi connectivity index (χ1v) is 11.5. The van der Waals surface area contributed by atoms with Crippen molar-refractivity contribution in [2.75, 3.05) is 20.8 Å². The van der Waals surface area contributed by atoms with Crippen molar-refractivity contribution in [3.8, 4) is 11.5 Å². The maximum Gasteiger partial charge on any atom is 0.290 e. The lowest BCUT2D eigenvalue weighted by Crippen LogP contribution is -2.32. The zero-order valence-electron chi connectivity index (χ0n) is 19.9. The number of para-hydroxylation sites is 1. The van der Waals surface area contributed by atoms with Crippen LogP contribution in [0.5, 0.6) is 11.5 Å². The van der Waals surface area contributed by atoms with E-state index in [1.807, 2.05) is 10.8 Å². The molecule has 2 aromatic heterocycles. The summed E-state index contributed by atoms with van der Waals surface area (Å²) in [6, 6.07) is 13.2. The summed E-state index contributed by atoms with van der Waals surface area (Å²) in [7, 11) is 3.08. The van der Waals surface area contributed by atoms with Crippen LogP contribution in [0.2, 0.25) is 0 Å². The number of aromatic nitrogens is 2. The molecular formula is C27H25N3O6. The molecule has 1 atom stereocenters. The number of carbonyl (C=O) groups excluding carboxylic acids is 2. The van der Waals surface area contributed by atoms with Crippen LogP contribution < -0.4 is 9.47 Å². The number of methoxy groups -OCH3 is 2. The first-order valence-electron chi connectivity index (χ1n) is 11.5. The van der Waals surface area contributed by atoms with E-state index < -0.39 is 23.5 Å². The molecule has 0 saturated carbocycles. The van der Waals surface area contributed by atoms with E-state index in [4.69, 9.17) is 13.9 Å². The molecule has 0 aliphatic carbocycles. The minimum absolute atomic E-state index is 0.0163. The SMILES string of the molecule is COc1ccc([C@@H]2C(C(=O)c3cc4cccc(OC)c4o3)=C(O)C(=O)N2CCCn2ccnc2)cc1. The van der Waals surface area contributed by atoms with Crippen molar-refractivity contribution in [1.29, 1.82) is 0 Å². The number of nitrogens with zero attached hydrogens (tertiary/aromatic N) is 3. The van der Waals surface area contributed by atoms with Crippen LogP contribution in [-0.2, 0) is 11.3 Å². The number of hydrogen-bond acceptors (Lipinski definition) is 7. The number of fused-ring (bicyclic) bond motifs is 1. The fourth-order valence-electron chi connectivity index (χ4n) is 4.53. The number of rotatable bonds is 9. The molecule has 0 unspecified atom stereocenters. The monoisotopic (exact) mass is 487 g/mol. The quantitative estimate of drug-likeness (QED) is 0.351. The molecule has 0 fully saturated rings. The van der Waals surface area contributed by atoms with Gasteiger partial charge in [0.05, 0.1) is 32.2 Å². The third-order valence-corrected chi connectivity index (χ3v) is 6.31. The molecular weight excluding hydrogens is 462 g/mol. The average Bonchev–Trinajstić information content (AvgIpc) is 3.63. The number of amides is 1. The van der Waals surface area contributed by atoms with Gasteiger partial charge in [-0.15, -0.1) is 0 Å². The Kier molecular flexibility index (Phi) is 6.20. The number of aryl methyl sites for hydroxylation is 1. The second-order valence-corrected chi connectivity index (χ2v) is 8.41. The molecule has 184 valence electrons. The summed E-state index contributed by atoms with van der Waals surface area (Å²) in [5.41, 5.74) is 1.07. The Bertz CT molecular complexity index is 1440. The fourth-order valence-corrected chi connectivity index (χ4v) is 4.53. The fraction of sp³-hybridized carbons (Fsp3) is 0.222. The van der Waals surface area contributed by atoms with Crippen molar-refractivity contribution in [3.05, 3.63) is 89.9 Å². The molecule has 0 radical (unpaired) electrons. The van der Waals surface area contributed by atoms with Crippen molar-refractivity contribution >= 4 is 22.7 Å². The number of aliphatic hydroxyl groups excluding tert-OH is 1. The molecule has 0 spiro atoms. The second kappa shape index (κ2) is 9.61. The van der Waals surface area contributed by atoms with Gasteiger partial charge in [0.25, 0.3) is 5.91 Å². The Morgan fingerprint density at radius 3 is 2.61 bits per heavy atom. The number of benzene rings is 2. The summed E-state index contributed by atoms with van der Waals surface area (Å²) in [4.78, 5) is 32.5. The number of ether oxygens (including phenoxy) is 2. The average molecular weight is 488 g/mol. The maximum absolute atomic E-state index is 13.7. The lowest BCUT2D eigenvalue weighted by molar-refractivity contribution is -0.129. The van der Waals surface area contributed by atoms with Crippen molar-refractivity contribution in [1.82, 2.24) is 14.5 Å². The molecule has 1 N–H and O–H groups in total. The Balaban J connectivity index is 1.51. The molecule has 0 bridgehead atoms. The van der Waals surface area contributed by atoms with Crippen LogP contribution in [0.4, 0.5) is 0 Å². The normalized spacial score (nSPS) is 15.7. The minimum atomic E-state index is -0.784. The predicted molar refractivity (Wildman–Crippen MR) is 131 cm³/mol. The highest BCUT2D eigenvalue weighted by Crippen LogP contribution is 2.40. The van der Waals surface area contributed by atoms with Gasteiger partial charge in [0, 0.05) is 30.9 Å². The van der Waals surface area contributed by atoms with Crippen LogP contribution in [0.3, 0.4) is 0 Å². The van der Waals surface area contributed by atoms with Gasteiger partial charge < -0.3 is 28.5 Å². The summed E-state index contributed by atoms with van der Waals surface area (Å²) < 4.78 is 18.4. The molecule has 36 heavy (non-hydrogen) atoms. The van der Waals surface area contributed by atoms with E-state index in [0.717, 1.165) is 0 Å². The molecule has 1 amide bonds. The Labute approximate surface area is 207 Å². The molecule has 0 saturated heterocycles. The van der Waals surface area contributed by atoms with Crippen LogP contribution in [0.15, 0.2) is 83.0 Å². The molecule has 1 aliphatic rings. The Morgan fingerprint density at radius 1 is 1.11 bits per heavy atom. The number of furan rings is 1. The topological polar surface area (TPSA) is 107 Å². The third-order valence-electron chi connectivity index (χ3n) is 6.31. The van der Waals surface area contributed by atoms with Crippen molar-refractivity contribution in [2.24, 2.45) is 0 Å². The number of imidazole rings is 1. The smallest absolute Gasteiger partial charge is 0.290 e. The molecule has 1 aliphatic heterocycles. The standard InChI is InChI=1S/C27H25N3O6/c1-34-19-9-7-17(8-10-19)23-22(24(31)21-15-18-5-3-6-20(35-2)26(18)36-21)25(32)27(33)30(23)13-4-12-29-14-11-28-16-29/h3,5-11,14-16,23,32H,4,12-13H2,1-2H3/t23-/m1/s1. The Hall–Kier alpha value is -4.53. The predicted octanol–water partition coefficient (Wildman–Crippen LogP) is 4.32. The second-order valence-electron chi connectivity index (χ2n) is 8.41. The highest BCUT2D eigenvalue weighted by Gasteiger charge is 2.44. The largest absolute Gasteiger partial charge is 0.503 e. The highest BCUT2D eigenvalue weighted by atomic mass is 16.5. The van der Waals surface area contributed by atoms with Gasteiger partial charge in [0.1, 0.15) is 5.75 Å². The summed E-state index contributed by atoms with van der Waals surface area (Å²) in [5.74, 6) is -0.589. The molecule has 2 aromatic carbocycles.